The molecule has 0 amide bonds. The summed E-state index contributed by atoms with van der Waals surface area (Å²) >= 11 is 6.21. The normalized spacial score (nSPS) is 11.1. The Labute approximate surface area is 150 Å². The molecule has 0 bridgehead atoms. The number of halogens is 1. The van der Waals surface area contributed by atoms with E-state index in [4.69, 9.17) is 21.1 Å². The zero-order valence-electron chi connectivity index (χ0n) is 14.4. The third kappa shape index (κ3) is 5.70. The van der Waals surface area contributed by atoms with Gasteiger partial charge in [-0.05, 0) is 54.3 Å². The summed E-state index contributed by atoms with van der Waals surface area (Å²) < 4.78 is 11.2. The summed E-state index contributed by atoms with van der Waals surface area (Å²) in [6.07, 6.45) is 6.26. The molecule has 24 heavy (non-hydrogen) atoms. The molecular weight excluding hydrogens is 320 g/mol. The van der Waals surface area contributed by atoms with E-state index in [1.54, 1.807) is 0 Å². The minimum absolute atomic E-state index is 0.579. The smallest absolute Gasteiger partial charge is 0.119 e. The molecule has 0 atom stereocenters. The summed E-state index contributed by atoms with van der Waals surface area (Å²) in [7, 11) is 0. The maximum absolute atomic E-state index is 6.21. The van der Waals surface area contributed by atoms with Gasteiger partial charge in [-0.1, -0.05) is 55.3 Å². The first kappa shape index (κ1) is 18.6. The van der Waals surface area contributed by atoms with Gasteiger partial charge in [0, 0.05) is 11.6 Å². The zero-order chi connectivity index (χ0) is 17.2. The number of ether oxygens (including phenoxy) is 2. The molecule has 0 radical (unpaired) electrons. The fourth-order valence-corrected chi connectivity index (χ4v) is 2.52. The highest BCUT2D eigenvalue weighted by Crippen LogP contribution is 2.27. The van der Waals surface area contributed by atoms with Crippen LogP contribution in [0.4, 0.5) is 0 Å². The lowest BCUT2D eigenvalue weighted by Crippen LogP contribution is -2.07. The van der Waals surface area contributed by atoms with Crippen LogP contribution in [0.15, 0.2) is 48.5 Å². The van der Waals surface area contributed by atoms with E-state index >= 15 is 0 Å². The molecule has 0 saturated heterocycles. The quantitative estimate of drug-likeness (QED) is 0.501. The van der Waals surface area contributed by atoms with E-state index < -0.39 is 0 Å². The number of unbranched alkanes of at least 4 members (excludes halogenated alkanes) is 1. The van der Waals surface area contributed by atoms with Gasteiger partial charge in [0.15, 0.2) is 0 Å². The van der Waals surface area contributed by atoms with Crippen molar-refractivity contribution in [2.24, 2.45) is 0 Å². The third-order valence-electron chi connectivity index (χ3n) is 3.67. The maximum Gasteiger partial charge on any atom is 0.119 e. The van der Waals surface area contributed by atoms with Gasteiger partial charge in [-0.15, -0.1) is 0 Å². The molecule has 2 nitrogen and oxygen atoms in total. The third-order valence-corrected chi connectivity index (χ3v) is 4.01. The van der Waals surface area contributed by atoms with Crippen LogP contribution in [0, 0.1) is 0 Å². The number of hydrogen-bond donors (Lipinski definition) is 0. The van der Waals surface area contributed by atoms with Crippen LogP contribution in [0.2, 0.25) is 5.02 Å². The lowest BCUT2D eigenvalue weighted by atomic mass is 10.0. The Morgan fingerprint density at radius 3 is 2.42 bits per heavy atom. The van der Waals surface area contributed by atoms with Crippen LogP contribution >= 0.6 is 11.6 Å². The van der Waals surface area contributed by atoms with Gasteiger partial charge in [0.05, 0.1) is 6.61 Å². The van der Waals surface area contributed by atoms with Crippen molar-refractivity contribution in [1.82, 2.24) is 0 Å². The Balaban J connectivity index is 1.93. The van der Waals surface area contributed by atoms with Gasteiger partial charge in [0.2, 0.25) is 0 Å². The average Bonchev–Trinajstić information content (AvgIpc) is 2.61. The monoisotopic (exact) mass is 344 g/mol. The second-order valence-electron chi connectivity index (χ2n) is 5.58. The lowest BCUT2D eigenvalue weighted by Gasteiger charge is -2.09. The van der Waals surface area contributed by atoms with Crippen LogP contribution in [0.3, 0.4) is 0 Å². The van der Waals surface area contributed by atoms with Gasteiger partial charge in [-0.3, -0.25) is 0 Å². The predicted molar refractivity (Wildman–Crippen MR) is 103 cm³/mol. The van der Waals surface area contributed by atoms with Crippen molar-refractivity contribution in [2.75, 3.05) is 19.8 Å². The van der Waals surface area contributed by atoms with Gasteiger partial charge in [-0.2, -0.15) is 0 Å². The summed E-state index contributed by atoms with van der Waals surface area (Å²) in [4.78, 5) is 0. The number of allylic oxidation sites excluding steroid dienone is 1. The van der Waals surface area contributed by atoms with Gasteiger partial charge in [0.1, 0.15) is 12.4 Å². The van der Waals surface area contributed by atoms with Crippen LogP contribution in [-0.4, -0.2) is 19.8 Å². The highest BCUT2D eigenvalue weighted by atomic mass is 35.5. The molecule has 0 heterocycles. The predicted octanol–water partition coefficient (Wildman–Crippen LogP) is 6.24. The van der Waals surface area contributed by atoms with Crippen molar-refractivity contribution < 1.29 is 9.47 Å². The van der Waals surface area contributed by atoms with Crippen LogP contribution in [0.5, 0.6) is 5.75 Å². The van der Waals surface area contributed by atoms with Crippen LogP contribution in [0.1, 0.15) is 32.3 Å². The molecule has 0 spiro atoms. The van der Waals surface area contributed by atoms with E-state index in [2.05, 4.69) is 25.1 Å². The fraction of sp³-hybridized carbons (Fsp3) is 0.333. The number of benzene rings is 2. The summed E-state index contributed by atoms with van der Waals surface area (Å²) in [6, 6.07) is 14.2. The molecular formula is C21H25ClO2. The highest BCUT2D eigenvalue weighted by molar-refractivity contribution is 6.32. The summed E-state index contributed by atoms with van der Waals surface area (Å²) in [6.45, 7) is 6.16. The Bertz CT molecular complexity index is 647. The molecule has 0 fully saturated rings. The second kappa shape index (κ2) is 10.2. The van der Waals surface area contributed by atoms with Crippen molar-refractivity contribution >= 4 is 17.7 Å². The highest BCUT2D eigenvalue weighted by Gasteiger charge is 2.03. The first-order chi connectivity index (χ1) is 11.7. The first-order valence-electron chi connectivity index (χ1n) is 8.47. The standard InChI is InChI=1S/C21H25ClO2/c1-3-5-13-23-14-15-24-20-10-7-17(8-11-20)18-9-12-21(22)19(16-18)6-4-2/h4,6-12,16H,3,5,13-15H2,1-2H3/b6-4+. The fourth-order valence-electron chi connectivity index (χ4n) is 2.34. The molecule has 0 unspecified atom stereocenters. The molecule has 0 aliphatic carbocycles. The SMILES string of the molecule is C/C=C/c1cc(-c2ccc(OCCOCCCC)cc2)ccc1Cl. The van der Waals surface area contributed by atoms with Crippen LogP contribution in [-0.2, 0) is 4.74 Å². The van der Waals surface area contributed by atoms with Gasteiger partial charge >= 0.3 is 0 Å². The minimum Gasteiger partial charge on any atom is -0.491 e. The average molecular weight is 345 g/mol. The molecule has 0 N–H and O–H groups in total. The minimum atomic E-state index is 0.579. The summed E-state index contributed by atoms with van der Waals surface area (Å²) in [5.74, 6) is 0.862. The van der Waals surface area contributed by atoms with E-state index in [0.29, 0.717) is 13.2 Å². The zero-order valence-corrected chi connectivity index (χ0v) is 15.2. The van der Waals surface area contributed by atoms with Crippen LogP contribution in [0.25, 0.3) is 17.2 Å². The Kier molecular flexibility index (Phi) is 7.87. The van der Waals surface area contributed by atoms with Gasteiger partial charge in [-0.25, -0.2) is 0 Å². The summed E-state index contributed by atoms with van der Waals surface area (Å²) in [5.41, 5.74) is 3.31. The topological polar surface area (TPSA) is 18.5 Å². The van der Waals surface area contributed by atoms with Crippen LogP contribution < -0.4 is 4.74 Å². The molecule has 0 saturated carbocycles. The Hall–Kier alpha value is -1.77. The molecule has 0 aliphatic heterocycles. The number of rotatable bonds is 9. The Morgan fingerprint density at radius 1 is 0.958 bits per heavy atom. The van der Waals surface area contributed by atoms with Crippen molar-refractivity contribution in [3.8, 4) is 16.9 Å². The van der Waals surface area contributed by atoms with Crippen molar-refractivity contribution in [3.63, 3.8) is 0 Å². The van der Waals surface area contributed by atoms with E-state index in [1.165, 1.54) is 0 Å². The van der Waals surface area contributed by atoms with E-state index in [1.807, 2.05) is 43.3 Å². The Morgan fingerprint density at radius 2 is 1.71 bits per heavy atom. The second-order valence-corrected chi connectivity index (χ2v) is 5.98. The van der Waals surface area contributed by atoms with E-state index in [0.717, 1.165) is 46.9 Å². The molecule has 3 heteroatoms. The lowest BCUT2D eigenvalue weighted by molar-refractivity contribution is 0.0981. The van der Waals surface area contributed by atoms with Crippen molar-refractivity contribution in [3.05, 3.63) is 59.1 Å². The van der Waals surface area contributed by atoms with Gasteiger partial charge < -0.3 is 9.47 Å². The van der Waals surface area contributed by atoms with Gasteiger partial charge in [0.25, 0.3) is 0 Å². The number of hydrogen-bond acceptors (Lipinski definition) is 2. The summed E-state index contributed by atoms with van der Waals surface area (Å²) in [5, 5.41) is 0.764. The van der Waals surface area contributed by atoms with Crippen molar-refractivity contribution in [1.29, 1.82) is 0 Å². The molecule has 2 aromatic rings. The largest absolute Gasteiger partial charge is 0.491 e. The van der Waals surface area contributed by atoms with Crippen molar-refractivity contribution in [2.45, 2.75) is 26.7 Å². The van der Waals surface area contributed by atoms with E-state index in [9.17, 15) is 0 Å². The molecule has 0 aliphatic rings. The first-order valence-corrected chi connectivity index (χ1v) is 8.85. The van der Waals surface area contributed by atoms with E-state index in [-0.39, 0.29) is 0 Å². The maximum atomic E-state index is 6.21. The molecule has 128 valence electrons. The molecule has 2 aromatic carbocycles. The molecule has 0 aromatic heterocycles. The molecule has 2 rings (SSSR count).